The number of aliphatic hydroxyl groups excluding tert-OH is 4. The van der Waals surface area contributed by atoms with Crippen molar-refractivity contribution >= 4 is 11.5 Å². The van der Waals surface area contributed by atoms with Gasteiger partial charge in [0.1, 0.15) is 24.4 Å². The summed E-state index contributed by atoms with van der Waals surface area (Å²) in [7, 11) is 0. The van der Waals surface area contributed by atoms with Crippen LogP contribution in [0.15, 0.2) is 24.3 Å². The van der Waals surface area contributed by atoms with Gasteiger partial charge in [0, 0.05) is 11.3 Å². The molecule has 7 heteroatoms. The Hall–Kier alpha value is -1.51. The Bertz CT molecular complexity index is 489. The molecule has 1 aliphatic heterocycles. The van der Waals surface area contributed by atoms with Crippen molar-refractivity contribution in [2.24, 2.45) is 0 Å². The van der Waals surface area contributed by atoms with Crippen LogP contribution in [-0.4, -0.2) is 63.5 Å². The van der Waals surface area contributed by atoms with Crippen LogP contribution in [0.1, 0.15) is 17.3 Å². The molecule has 1 aliphatic rings. The standard InChI is InChI=1S/C14H19NO6/c1-7(17)8-2-4-9(5-3-8)15-14-13(20)12(19)11(18)10(6-16)21-14/h2-5,10-16,18-20H,6H2,1H3/t10-,11-,12+,13-,14-/m1/s1. The first-order valence-electron chi connectivity index (χ1n) is 6.62. The summed E-state index contributed by atoms with van der Waals surface area (Å²) in [5, 5.41) is 41.2. The summed E-state index contributed by atoms with van der Waals surface area (Å²) in [4.78, 5) is 11.2. The van der Waals surface area contributed by atoms with Crippen molar-refractivity contribution in [3.05, 3.63) is 29.8 Å². The Morgan fingerprint density at radius 1 is 1.14 bits per heavy atom. The van der Waals surface area contributed by atoms with Gasteiger partial charge in [-0.3, -0.25) is 4.79 Å². The van der Waals surface area contributed by atoms with E-state index >= 15 is 0 Å². The molecule has 21 heavy (non-hydrogen) atoms. The second-order valence-corrected chi connectivity index (χ2v) is 5.03. The molecule has 1 fully saturated rings. The number of benzene rings is 1. The van der Waals surface area contributed by atoms with Crippen molar-refractivity contribution in [1.29, 1.82) is 0 Å². The summed E-state index contributed by atoms with van der Waals surface area (Å²) in [6.07, 6.45) is -6.11. The summed E-state index contributed by atoms with van der Waals surface area (Å²) in [6, 6.07) is 6.51. The lowest BCUT2D eigenvalue weighted by atomic mass is 9.98. The molecule has 5 atom stereocenters. The molecule has 0 unspecified atom stereocenters. The van der Waals surface area contributed by atoms with Crippen LogP contribution in [-0.2, 0) is 4.74 Å². The SMILES string of the molecule is CC(=O)c1ccc(N[C@@H]2O[C@H](CO)[C@@H](O)[C@H](O)[C@H]2O)cc1. The number of aliphatic hydroxyl groups is 4. The summed E-state index contributed by atoms with van der Waals surface area (Å²) in [5.41, 5.74) is 1.12. The lowest BCUT2D eigenvalue weighted by Gasteiger charge is -2.40. The van der Waals surface area contributed by atoms with Crippen molar-refractivity contribution in [3.8, 4) is 0 Å². The Morgan fingerprint density at radius 3 is 2.29 bits per heavy atom. The van der Waals surface area contributed by atoms with Crippen molar-refractivity contribution < 1.29 is 30.0 Å². The number of hydrogen-bond donors (Lipinski definition) is 5. The Morgan fingerprint density at radius 2 is 1.76 bits per heavy atom. The largest absolute Gasteiger partial charge is 0.394 e. The van der Waals surface area contributed by atoms with E-state index in [0.717, 1.165) is 0 Å². The van der Waals surface area contributed by atoms with E-state index < -0.39 is 37.3 Å². The maximum Gasteiger partial charge on any atom is 0.159 e. The highest BCUT2D eigenvalue weighted by atomic mass is 16.6. The Balaban J connectivity index is 2.08. The number of carbonyl (C=O) groups is 1. The second kappa shape index (κ2) is 6.50. The van der Waals surface area contributed by atoms with Gasteiger partial charge in [0.05, 0.1) is 6.61 Å². The molecule has 0 amide bonds. The lowest BCUT2D eigenvalue weighted by Crippen LogP contribution is -2.60. The minimum absolute atomic E-state index is 0.0607. The van der Waals surface area contributed by atoms with Gasteiger partial charge in [-0.1, -0.05) is 0 Å². The molecule has 0 radical (unpaired) electrons. The molecule has 0 aliphatic carbocycles. The van der Waals surface area contributed by atoms with Crippen LogP contribution in [0, 0.1) is 0 Å². The predicted molar refractivity (Wildman–Crippen MR) is 73.8 cm³/mol. The van der Waals surface area contributed by atoms with Crippen LogP contribution in [0.2, 0.25) is 0 Å². The van der Waals surface area contributed by atoms with Crippen LogP contribution < -0.4 is 5.32 Å². The highest BCUT2D eigenvalue weighted by molar-refractivity contribution is 5.94. The van der Waals surface area contributed by atoms with Gasteiger partial charge in [0.2, 0.25) is 0 Å². The Labute approximate surface area is 121 Å². The van der Waals surface area contributed by atoms with Crippen molar-refractivity contribution in [2.75, 3.05) is 11.9 Å². The summed E-state index contributed by atoms with van der Waals surface area (Å²) in [5.74, 6) is -0.0607. The fraction of sp³-hybridized carbons (Fsp3) is 0.500. The smallest absolute Gasteiger partial charge is 0.159 e. The molecule has 1 heterocycles. The van der Waals surface area contributed by atoms with E-state index in [-0.39, 0.29) is 5.78 Å². The zero-order valence-corrected chi connectivity index (χ0v) is 11.5. The van der Waals surface area contributed by atoms with Gasteiger partial charge in [-0.2, -0.15) is 0 Å². The maximum atomic E-state index is 11.2. The predicted octanol–water partition coefficient (Wildman–Crippen LogP) is -0.899. The van der Waals surface area contributed by atoms with Gasteiger partial charge in [-0.15, -0.1) is 0 Å². The molecule has 0 aromatic heterocycles. The zero-order valence-electron chi connectivity index (χ0n) is 11.5. The average molecular weight is 297 g/mol. The van der Waals surface area contributed by atoms with Gasteiger partial charge in [-0.25, -0.2) is 0 Å². The van der Waals surface area contributed by atoms with Gasteiger partial charge >= 0.3 is 0 Å². The number of ether oxygens (including phenoxy) is 1. The molecular weight excluding hydrogens is 278 g/mol. The number of hydrogen-bond acceptors (Lipinski definition) is 7. The van der Waals surface area contributed by atoms with E-state index in [1.54, 1.807) is 24.3 Å². The minimum atomic E-state index is -1.43. The molecule has 1 aromatic carbocycles. The van der Waals surface area contributed by atoms with Crippen LogP contribution in [0.4, 0.5) is 5.69 Å². The van der Waals surface area contributed by atoms with Crippen molar-refractivity contribution in [2.45, 2.75) is 37.6 Å². The molecule has 0 saturated carbocycles. The molecule has 2 rings (SSSR count). The highest BCUT2D eigenvalue weighted by Crippen LogP contribution is 2.23. The summed E-state index contributed by atoms with van der Waals surface area (Å²) in [6.45, 7) is 0.979. The molecule has 5 N–H and O–H groups in total. The lowest BCUT2D eigenvalue weighted by molar-refractivity contribution is -0.221. The van der Waals surface area contributed by atoms with Gasteiger partial charge in [-0.05, 0) is 31.2 Å². The third-order valence-electron chi connectivity index (χ3n) is 3.49. The molecule has 0 bridgehead atoms. The zero-order chi connectivity index (χ0) is 15.6. The first-order chi connectivity index (χ1) is 9.93. The van der Waals surface area contributed by atoms with Crippen LogP contribution >= 0.6 is 0 Å². The fourth-order valence-electron chi connectivity index (χ4n) is 2.19. The van der Waals surface area contributed by atoms with Crippen LogP contribution in [0.25, 0.3) is 0 Å². The average Bonchev–Trinajstić information content (AvgIpc) is 2.48. The minimum Gasteiger partial charge on any atom is -0.394 e. The third kappa shape index (κ3) is 3.39. The number of Topliss-reactive ketones (excluding diaryl/α,β-unsaturated/α-hetero) is 1. The molecule has 0 spiro atoms. The maximum absolute atomic E-state index is 11.2. The highest BCUT2D eigenvalue weighted by Gasteiger charge is 2.43. The number of rotatable bonds is 4. The first kappa shape index (κ1) is 15.9. The number of nitrogens with one attached hydrogen (secondary N) is 1. The monoisotopic (exact) mass is 297 g/mol. The van der Waals surface area contributed by atoms with Gasteiger partial charge in [0.25, 0.3) is 0 Å². The van der Waals surface area contributed by atoms with E-state index in [1.165, 1.54) is 6.92 Å². The number of anilines is 1. The van der Waals surface area contributed by atoms with Crippen LogP contribution in [0.5, 0.6) is 0 Å². The van der Waals surface area contributed by atoms with E-state index in [2.05, 4.69) is 5.32 Å². The van der Waals surface area contributed by atoms with E-state index in [0.29, 0.717) is 11.3 Å². The molecule has 7 nitrogen and oxygen atoms in total. The second-order valence-electron chi connectivity index (χ2n) is 5.03. The van der Waals surface area contributed by atoms with Crippen LogP contribution in [0.3, 0.4) is 0 Å². The quantitative estimate of drug-likeness (QED) is 0.457. The number of carbonyl (C=O) groups excluding carboxylic acids is 1. The van der Waals surface area contributed by atoms with Crippen molar-refractivity contribution in [3.63, 3.8) is 0 Å². The fourth-order valence-corrected chi connectivity index (χ4v) is 2.19. The number of ketones is 1. The summed E-state index contributed by atoms with van der Waals surface area (Å²) < 4.78 is 5.32. The van der Waals surface area contributed by atoms with Gasteiger partial charge < -0.3 is 30.5 Å². The van der Waals surface area contributed by atoms with E-state index in [9.17, 15) is 20.1 Å². The normalized spacial score (nSPS) is 32.7. The third-order valence-corrected chi connectivity index (χ3v) is 3.49. The van der Waals surface area contributed by atoms with E-state index in [1.807, 2.05) is 0 Å². The topological polar surface area (TPSA) is 119 Å². The molecule has 1 saturated heterocycles. The Kier molecular flexibility index (Phi) is 4.92. The summed E-state index contributed by atoms with van der Waals surface area (Å²) >= 11 is 0. The molecule has 116 valence electrons. The molecular formula is C14H19NO6. The van der Waals surface area contributed by atoms with Crippen molar-refractivity contribution in [1.82, 2.24) is 0 Å². The van der Waals surface area contributed by atoms with E-state index in [4.69, 9.17) is 9.84 Å². The van der Waals surface area contributed by atoms with Gasteiger partial charge in [0.15, 0.2) is 12.0 Å². The molecule has 1 aromatic rings. The first-order valence-corrected chi connectivity index (χ1v) is 6.62.